The third kappa shape index (κ3) is 6.36. The van der Waals surface area contributed by atoms with E-state index in [0.29, 0.717) is 38.7 Å². The number of amides is 3. The van der Waals surface area contributed by atoms with Crippen LogP contribution in [0.3, 0.4) is 0 Å². The number of hydrogen-bond acceptors (Lipinski definition) is 4. The quantitative estimate of drug-likeness (QED) is 0.228. The third-order valence-electron chi connectivity index (χ3n) is 3.59. The van der Waals surface area contributed by atoms with Crippen LogP contribution in [0.25, 0.3) is 0 Å². The van der Waals surface area contributed by atoms with E-state index in [1.54, 1.807) is 0 Å². The fraction of sp³-hybridized carbons (Fsp3) is 0.471. The number of nitrogens with one attached hydrogen (secondary N) is 3. The molecule has 0 aliphatic carbocycles. The first-order valence-electron chi connectivity index (χ1n) is 8.46. The molecule has 0 spiro atoms. The lowest BCUT2D eigenvalue weighted by Crippen LogP contribution is -2.43. The van der Waals surface area contributed by atoms with Crippen molar-refractivity contribution in [3.8, 4) is 5.75 Å². The van der Waals surface area contributed by atoms with Crippen LogP contribution in [0.1, 0.15) is 19.4 Å². The van der Waals surface area contributed by atoms with Gasteiger partial charge in [0.15, 0.2) is 5.96 Å². The van der Waals surface area contributed by atoms with Crippen molar-refractivity contribution in [2.45, 2.75) is 20.4 Å². The van der Waals surface area contributed by atoms with Crippen molar-refractivity contribution >= 4 is 41.9 Å². The lowest BCUT2D eigenvalue weighted by atomic mass is 10.2. The maximum atomic E-state index is 11.6. The van der Waals surface area contributed by atoms with Crippen LogP contribution in [0, 0.1) is 0 Å². The summed E-state index contributed by atoms with van der Waals surface area (Å²) in [6.45, 7) is 6.50. The topological polar surface area (TPSA) is 95.1 Å². The second-order valence-electron chi connectivity index (χ2n) is 5.37. The second-order valence-corrected chi connectivity index (χ2v) is 5.37. The smallest absolute Gasteiger partial charge is 0.324 e. The molecule has 1 aromatic carbocycles. The number of imide groups is 1. The van der Waals surface area contributed by atoms with Crippen LogP contribution >= 0.6 is 24.0 Å². The summed E-state index contributed by atoms with van der Waals surface area (Å²) in [6, 6.07) is 7.43. The van der Waals surface area contributed by atoms with Gasteiger partial charge < -0.3 is 20.7 Å². The number of carbonyl (C=O) groups excluding carboxylic acids is 2. The molecule has 2 rings (SSSR count). The van der Waals surface area contributed by atoms with E-state index in [0.717, 1.165) is 11.3 Å². The number of rotatable bonds is 8. The Bertz CT molecular complexity index is 623. The normalized spacial score (nSPS) is 13.9. The van der Waals surface area contributed by atoms with Crippen LogP contribution in [-0.2, 0) is 11.3 Å². The van der Waals surface area contributed by atoms with Crippen molar-refractivity contribution in [3.63, 3.8) is 0 Å². The predicted octanol–water partition coefficient (Wildman–Crippen LogP) is 1.31. The molecule has 9 heteroatoms. The first kappa shape index (κ1) is 22.0. The van der Waals surface area contributed by atoms with Gasteiger partial charge in [0.05, 0.1) is 19.7 Å². The lowest BCUT2D eigenvalue weighted by Gasteiger charge is -2.15. The van der Waals surface area contributed by atoms with E-state index in [2.05, 4.69) is 20.9 Å². The molecular weight excluding hydrogens is 449 g/mol. The maximum Gasteiger partial charge on any atom is 0.324 e. The van der Waals surface area contributed by atoms with Crippen molar-refractivity contribution < 1.29 is 14.3 Å². The molecule has 0 radical (unpaired) electrons. The maximum absolute atomic E-state index is 11.6. The fourth-order valence-corrected chi connectivity index (χ4v) is 2.40. The summed E-state index contributed by atoms with van der Waals surface area (Å²) in [5.41, 5.74) is 0.996. The monoisotopic (exact) mass is 475 g/mol. The van der Waals surface area contributed by atoms with Gasteiger partial charge in [0.1, 0.15) is 5.75 Å². The lowest BCUT2D eigenvalue weighted by molar-refractivity contribution is -0.124. The van der Waals surface area contributed by atoms with Gasteiger partial charge in [0, 0.05) is 25.2 Å². The Kier molecular flexibility index (Phi) is 9.78. The first-order valence-corrected chi connectivity index (χ1v) is 8.46. The molecule has 0 unspecified atom stereocenters. The molecule has 3 amide bonds. The molecule has 0 saturated carbocycles. The zero-order chi connectivity index (χ0) is 18.1. The molecule has 8 nitrogen and oxygen atoms in total. The van der Waals surface area contributed by atoms with Gasteiger partial charge in [0.25, 0.3) is 0 Å². The van der Waals surface area contributed by atoms with Crippen molar-refractivity contribution in [2.24, 2.45) is 4.99 Å². The van der Waals surface area contributed by atoms with Gasteiger partial charge in [-0.05, 0) is 19.9 Å². The zero-order valence-electron chi connectivity index (χ0n) is 15.1. The minimum Gasteiger partial charge on any atom is -0.494 e. The van der Waals surface area contributed by atoms with Crippen LogP contribution < -0.4 is 20.7 Å². The molecule has 26 heavy (non-hydrogen) atoms. The van der Waals surface area contributed by atoms with Gasteiger partial charge in [0.2, 0.25) is 5.91 Å². The number of aliphatic imine (C=N–C) groups is 1. The third-order valence-corrected chi connectivity index (χ3v) is 3.59. The number of nitrogens with zero attached hydrogens (tertiary/aromatic N) is 2. The molecule has 1 aliphatic heterocycles. The molecule has 1 fully saturated rings. The summed E-state index contributed by atoms with van der Waals surface area (Å²) in [5, 5.41) is 8.78. The van der Waals surface area contributed by atoms with Crippen molar-refractivity contribution in [1.29, 1.82) is 0 Å². The first-order chi connectivity index (χ1) is 12.2. The number of para-hydroxylation sites is 1. The van der Waals surface area contributed by atoms with Crippen LogP contribution in [0.2, 0.25) is 0 Å². The van der Waals surface area contributed by atoms with Gasteiger partial charge in [-0.2, -0.15) is 0 Å². The van der Waals surface area contributed by atoms with E-state index >= 15 is 0 Å². The number of benzene rings is 1. The molecule has 0 bridgehead atoms. The summed E-state index contributed by atoms with van der Waals surface area (Å²) < 4.78 is 5.60. The predicted molar refractivity (Wildman–Crippen MR) is 111 cm³/mol. The Hall–Kier alpha value is -2.04. The van der Waals surface area contributed by atoms with E-state index in [9.17, 15) is 9.59 Å². The zero-order valence-corrected chi connectivity index (χ0v) is 17.4. The molecule has 0 aromatic heterocycles. The number of hydrogen-bond donors (Lipinski definition) is 3. The average molecular weight is 475 g/mol. The highest BCUT2D eigenvalue weighted by atomic mass is 127. The van der Waals surface area contributed by atoms with Gasteiger partial charge in [-0.1, -0.05) is 18.2 Å². The van der Waals surface area contributed by atoms with E-state index in [4.69, 9.17) is 4.74 Å². The summed E-state index contributed by atoms with van der Waals surface area (Å²) in [4.78, 5) is 28.8. The Morgan fingerprint density at radius 3 is 2.69 bits per heavy atom. The largest absolute Gasteiger partial charge is 0.494 e. The highest BCUT2D eigenvalue weighted by molar-refractivity contribution is 14.0. The molecule has 3 N–H and O–H groups in total. The van der Waals surface area contributed by atoms with Crippen molar-refractivity contribution in [2.75, 3.05) is 32.8 Å². The molecule has 1 saturated heterocycles. The van der Waals surface area contributed by atoms with Crippen LogP contribution in [0.5, 0.6) is 5.75 Å². The van der Waals surface area contributed by atoms with Crippen LogP contribution in [-0.4, -0.2) is 55.6 Å². The Morgan fingerprint density at radius 2 is 2.04 bits per heavy atom. The summed E-state index contributed by atoms with van der Waals surface area (Å²) in [7, 11) is 0. The van der Waals surface area contributed by atoms with Gasteiger partial charge in [-0.3, -0.25) is 9.69 Å². The highest BCUT2D eigenvalue weighted by Gasteiger charge is 2.27. The number of urea groups is 1. The van der Waals surface area contributed by atoms with Crippen molar-refractivity contribution in [3.05, 3.63) is 29.8 Å². The minimum absolute atomic E-state index is 0. The van der Waals surface area contributed by atoms with Gasteiger partial charge >= 0.3 is 6.03 Å². The SMILES string of the molecule is CCNC(=NCc1ccccc1OCC)NCCN1C(=O)CNC1=O.I. The summed E-state index contributed by atoms with van der Waals surface area (Å²) >= 11 is 0. The van der Waals surface area contributed by atoms with E-state index < -0.39 is 0 Å². The standard InChI is InChI=1S/C17H25N5O3.HI/c1-3-18-16(19-9-10-22-15(23)12-21-17(22)24)20-11-13-7-5-6-8-14(13)25-4-2;/h5-8H,3-4,9-12H2,1-2H3,(H,21,24)(H2,18,19,20);1H. The molecule has 1 aromatic rings. The molecular formula is C17H26IN5O3. The molecule has 1 heterocycles. The number of ether oxygens (including phenoxy) is 1. The van der Waals surface area contributed by atoms with Gasteiger partial charge in [-0.25, -0.2) is 9.79 Å². The van der Waals surface area contributed by atoms with Gasteiger partial charge in [-0.15, -0.1) is 24.0 Å². The number of halogens is 1. The fourth-order valence-electron chi connectivity index (χ4n) is 2.40. The van der Waals surface area contributed by atoms with E-state index in [-0.39, 0.29) is 42.5 Å². The Balaban J connectivity index is 0.00000338. The summed E-state index contributed by atoms with van der Waals surface area (Å²) in [5.74, 6) is 1.24. The average Bonchev–Trinajstić information content (AvgIpc) is 2.93. The minimum atomic E-state index is -0.348. The molecule has 144 valence electrons. The van der Waals surface area contributed by atoms with Crippen molar-refractivity contribution in [1.82, 2.24) is 20.9 Å². The highest BCUT2D eigenvalue weighted by Crippen LogP contribution is 2.18. The molecule has 1 aliphatic rings. The van der Waals surface area contributed by atoms with Crippen LogP contribution in [0.4, 0.5) is 4.79 Å². The number of carbonyl (C=O) groups is 2. The molecule has 0 atom stereocenters. The van der Waals surface area contributed by atoms with E-state index in [1.165, 1.54) is 4.90 Å². The summed E-state index contributed by atoms with van der Waals surface area (Å²) in [6.07, 6.45) is 0. The Labute approximate surface area is 170 Å². The number of guanidine groups is 1. The van der Waals surface area contributed by atoms with Crippen LogP contribution in [0.15, 0.2) is 29.3 Å². The second kappa shape index (κ2) is 11.6. The Morgan fingerprint density at radius 1 is 1.27 bits per heavy atom. The van der Waals surface area contributed by atoms with E-state index in [1.807, 2.05) is 38.1 Å².